The van der Waals surface area contributed by atoms with Gasteiger partial charge in [-0.25, -0.2) is 9.59 Å². The largest absolute Gasteiger partial charge is 0.467 e. The normalized spacial score (nSPS) is 34.6. The van der Waals surface area contributed by atoms with Gasteiger partial charge in [0, 0.05) is 17.4 Å². The minimum atomic E-state index is -4.23. The number of carbonyl (C=O) groups excluding carboxylic acids is 4. The maximum atomic E-state index is 14.2. The molecule has 46 heavy (non-hydrogen) atoms. The summed E-state index contributed by atoms with van der Waals surface area (Å²) in [6.45, 7) is -0.194. The molecule has 0 aromatic heterocycles. The molecule has 2 aliphatic heterocycles. The van der Waals surface area contributed by atoms with Crippen LogP contribution in [-0.4, -0.2) is 80.7 Å². The fraction of sp³-hybridized carbons (Fsp3) is 0.688. The van der Waals surface area contributed by atoms with Crippen molar-refractivity contribution in [3.8, 4) is 0 Å². The Morgan fingerprint density at radius 1 is 0.957 bits per heavy atom. The molecule has 1 aromatic rings. The lowest BCUT2D eigenvalue weighted by atomic mass is 10.0. The van der Waals surface area contributed by atoms with Crippen molar-refractivity contribution in [2.75, 3.05) is 13.7 Å². The summed E-state index contributed by atoms with van der Waals surface area (Å²) >= 11 is 3.29. The molecule has 0 radical (unpaired) electrons. The quantitative estimate of drug-likeness (QED) is 0.329. The molecule has 2 N–H and O–H groups in total. The molecule has 3 saturated carbocycles. The Kier molecular flexibility index (Phi) is 9.69. The molecule has 3 amide bonds. The molecule has 2 saturated heterocycles. The zero-order valence-corrected chi connectivity index (χ0v) is 28.4. The number of ether oxygens (including phenoxy) is 2. The number of nitrogens with one attached hydrogen (secondary N) is 2. The number of rotatable bonds is 6. The lowest BCUT2D eigenvalue weighted by molar-refractivity contribution is -0.148. The lowest BCUT2D eigenvalue weighted by Gasteiger charge is -2.30. The fourth-order valence-corrected chi connectivity index (χ4v) is 8.97. The third-order valence-corrected chi connectivity index (χ3v) is 12.2. The van der Waals surface area contributed by atoms with Crippen molar-refractivity contribution in [1.29, 1.82) is 0 Å². The maximum absolute atomic E-state index is 14.2. The van der Waals surface area contributed by atoms with Crippen molar-refractivity contribution in [3.63, 3.8) is 0 Å². The van der Waals surface area contributed by atoms with Crippen LogP contribution in [-0.2, 0) is 38.2 Å². The van der Waals surface area contributed by atoms with E-state index in [4.69, 9.17) is 13.7 Å². The number of nitrogens with zero attached hydrogens (tertiary/aromatic N) is 1. The Balaban J connectivity index is 1.23. The van der Waals surface area contributed by atoms with E-state index < -0.39 is 57.7 Å². The van der Waals surface area contributed by atoms with Crippen LogP contribution in [0.5, 0.6) is 0 Å². The predicted octanol–water partition coefficient (Wildman–Crippen LogP) is 3.81. The summed E-state index contributed by atoms with van der Waals surface area (Å²) in [5.74, 6) is -0.500. The number of halogens is 1. The maximum Gasteiger partial charge on any atom is 0.408 e. The van der Waals surface area contributed by atoms with Crippen LogP contribution in [0.15, 0.2) is 33.6 Å². The average Bonchev–Trinajstić information content (AvgIpc) is 3.81. The molecule has 2 heterocycles. The van der Waals surface area contributed by atoms with Gasteiger partial charge in [0.25, 0.3) is 10.1 Å². The summed E-state index contributed by atoms with van der Waals surface area (Å²) in [6, 6.07) is 3.85. The van der Waals surface area contributed by atoms with E-state index in [9.17, 15) is 27.6 Å². The van der Waals surface area contributed by atoms with Gasteiger partial charge in [0.15, 0.2) is 0 Å². The van der Waals surface area contributed by atoms with Crippen LogP contribution in [0.3, 0.4) is 0 Å². The number of benzene rings is 1. The van der Waals surface area contributed by atoms with Gasteiger partial charge in [-0.1, -0.05) is 48.0 Å². The Hall–Kier alpha value is -2.71. The highest BCUT2D eigenvalue weighted by Gasteiger charge is 2.62. The van der Waals surface area contributed by atoms with Crippen LogP contribution in [0.4, 0.5) is 4.79 Å². The van der Waals surface area contributed by atoms with Gasteiger partial charge in [0.05, 0.1) is 18.1 Å². The number of methoxy groups -OCH3 is 1. The summed E-state index contributed by atoms with van der Waals surface area (Å²) in [5.41, 5.74) is -1.19. The Bertz CT molecular complexity index is 1450. The lowest BCUT2D eigenvalue weighted by Crippen LogP contribution is -2.56. The molecule has 252 valence electrons. The summed E-state index contributed by atoms with van der Waals surface area (Å²) in [5, 5.41) is 5.65. The number of alkyl carbamates (subject to hydrolysis) is 1. The summed E-state index contributed by atoms with van der Waals surface area (Å²) in [4.78, 5) is 55.3. The summed E-state index contributed by atoms with van der Waals surface area (Å²) in [6.07, 6.45) is 6.65. The van der Waals surface area contributed by atoms with Gasteiger partial charge >= 0.3 is 12.1 Å². The van der Waals surface area contributed by atoms with E-state index in [1.807, 2.05) is 0 Å². The molecule has 12 nitrogen and oxygen atoms in total. The van der Waals surface area contributed by atoms with Gasteiger partial charge in [-0.3, -0.25) is 13.8 Å². The van der Waals surface area contributed by atoms with Gasteiger partial charge in [-0.2, -0.15) is 8.42 Å². The van der Waals surface area contributed by atoms with Crippen molar-refractivity contribution in [2.24, 2.45) is 17.8 Å². The van der Waals surface area contributed by atoms with E-state index in [1.165, 1.54) is 30.6 Å². The topological polar surface area (TPSA) is 157 Å². The van der Waals surface area contributed by atoms with Crippen LogP contribution in [0.25, 0.3) is 0 Å². The van der Waals surface area contributed by atoms with Crippen molar-refractivity contribution >= 4 is 49.9 Å². The number of hydrogen-bond acceptors (Lipinski definition) is 9. The molecule has 6 rings (SSSR count). The predicted molar refractivity (Wildman–Crippen MR) is 168 cm³/mol. The molecular formula is C32H42BrN3O9S. The Labute approximate surface area is 277 Å². The standard InChI is InChI=1S/C32H42BrN3O9S/c1-43-30(39)32-17-21(32)7-5-3-2-4-6-8-26(34-31(40)44-23-14-19-13-20(19)15-23)29(38)36-18-24(16-27(36)28(37)35-32)45-46(41,42)25-11-9-22(33)10-12-25/h9-12,19-21,23-24,26-27H,2-8,13-18H2,1H3,(H,34,40)(H,35,37)/t19-,20+,21-,23?,24+,26+,27+,32-/m1/s1. The highest BCUT2D eigenvalue weighted by Crippen LogP contribution is 2.52. The van der Waals surface area contributed by atoms with Crippen LogP contribution in [0, 0.1) is 17.8 Å². The van der Waals surface area contributed by atoms with Crippen molar-refractivity contribution in [2.45, 2.75) is 112 Å². The summed E-state index contributed by atoms with van der Waals surface area (Å²) < 4.78 is 43.4. The molecule has 14 heteroatoms. The molecule has 5 aliphatic rings. The Morgan fingerprint density at radius 3 is 2.33 bits per heavy atom. The number of carbonyl (C=O) groups is 4. The SMILES string of the molecule is COC(=O)[C@@]12C[C@H]1CCCCCCC[C@H](NC(=O)OC1C[C@@H]3C[C@@H]3C1)C(=O)N1C[C@@H](OS(=O)(=O)c3ccc(Br)cc3)C[C@H]1C(=O)N2. The van der Waals surface area contributed by atoms with Crippen LogP contribution < -0.4 is 10.6 Å². The van der Waals surface area contributed by atoms with Gasteiger partial charge in [0.1, 0.15) is 23.7 Å². The van der Waals surface area contributed by atoms with Gasteiger partial charge in [0.2, 0.25) is 11.8 Å². The van der Waals surface area contributed by atoms with E-state index in [0.29, 0.717) is 35.6 Å². The van der Waals surface area contributed by atoms with Crippen molar-refractivity contribution < 1.29 is 41.3 Å². The van der Waals surface area contributed by atoms with E-state index in [2.05, 4.69) is 26.6 Å². The van der Waals surface area contributed by atoms with Gasteiger partial charge in [-0.15, -0.1) is 0 Å². The Morgan fingerprint density at radius 2 is 1.63 bits per heavy atom. The second-order valence-electron chi connectivity index (χ2n) is 13.5. The van der Waals surface area contributed by atoms with Crippen molar-refractivity contribution in [1.82, 2.24) is 15.5 Å². The summed E-state index contributed by atoms with van der Waals surface area (Å²) in [7, 11) is -2.95. The highest BCUT2D eigenvalue weighted by atomic mass is 79.9. The van der Waals surface area contributed by atoms with Crippen molar-refractivity contribution in [3.05, 3.63) is 28.7 Å². The zero-order valence-electron chi connectivity index (χ0n) is 26.0. The molecule has 1 unspecified atom stereocenters. The van der Waals surface area contributed by atoms with E-state index in [-0.39, 0.29) is 29.9 Å². The third-order valence-electron chi connectivity index (χ3n) is 10.3. The van der Waals surface area contributed by atoms with Crippen LogP contribution >= 0.6 is 15.9 Å². The fourth-order valence-electron chi connectivity index (χ4n) is 7.62. The molecule has 0 bridgehead atoms. The average molecular weight is 725 g/mol. The molecule has 8 atom stereocenters. The van der Waals surface area contributed by atoms with E-state index in [1.54, 1.807) is 12.1 Å². The minimum absolute atomic E-state index is 0.0618. The van der Waals surface area contributed by atoms with Crippen LogP contribution in [0.1, 0.15) is 77.0 Å². The molecular weight excluding hydrogens is 682 g/mol. The molecule has 3 aliphatic carbocycles. The number of hydrogen-bond donors (Lipinski definition) is 2. The van der Waals surface area contributed by atoms with Crippen LogP contribution in [0.2, 0.25) is 0 Å². The first-order chi connectivity index (χ1) is 22.0. The molecule has 5 fully saturated rings. The zero-order chi connectivity index (χ0) is 32.6. The minimum Gasteiger partial charge on any atom is -0.467 e. The van der Waals surface area contributed by atoms with Gasteiger partial charge in [-0.05, 0) is 80.5 Å². The highest BCUT2D eigenvalue weighted by molar-refractivity contribution is 9.10. The first-order valence-corrected chi connectivity index (χ1v) is 18.6. The monoisotopic (exact) mass is 723 g/mol. The van der Waals surface area contributed by atoms with E-state index >= 15 is 0 Å². The number of esters is 1. The number of amides is 3. The second-order valence-corrected chi connectivity index (χ2v) is 16.0. The second kappa shape index (κ2) is 13.4. The smallest absolute Gasteiger partial charge is 0.408 e. The molecule has 1 aromatic carbocycles. The molecule has 0 spiro atoms. The first-order valence-electron chi connectivity index (χ1n) is 16.4. The third kappa shape index (κ3) is 7.23. The number of fused-ring (bicyclic) bond motifs is 3. The first kappa shape index (κ1) is 33.2. The van der Waals surface area contributed by atoms with Gasteiger partial charge < -0.3 is 25.0 Å². The van der Waals surface area contributed by atoms with E-state index in [0.717, 1.165) is 44.9 Å².